The molecule has 188 valence electrons. The minimum absolute atomic E-state index is 0.0405. The van der Waals surface area contributed by atoms with Crippen LogP contribution in [0.5, 0.6) is 0 Å². The summed E-state index contributed by atoms with van der Waals surface area (Å²) < 4.78 is 13.7. The van der Waals surface area contributed by atoms with Crippen LogP contribution in [0.1, 0.15) is 30.5 Å². The number of ether oxygens (including phenoxy) is 1. The van der Waals surface area contributed by atoms with Crippen LogP contribution in [0.25, 0.3) is 17.4 Å². The first-order valence-electron chi connectivity index (χ1n) is 11.1. The Morgan fingerprint density at radius 2 is 2.14 bits per heavy atom. The van der Waals surface area contributed by atoms with E-state index in [1.54, 1.807) is 38.1 Å². The van der Waals surface area contributed by atoms with E-state index in [0.717, 1.165) is 4.88 Å². The highest BCUT2D eigenvalue weighted by atomic mass is 79.9. The third-order valence-corrected chi connectivity index (χ3v) is 8.22. The van der Waals surface area contributed by atoms with Gasteiger partial charge in [-0.25, -0.2) is 9.79 Å². The van der Waals surface area contributed by atoms with E-state index in [-0.39, 0.29) is 17.9 Å². The number of nitro groups is 1. The van der Waals surface area contributed by atoms with Gasteiger partial charge < -0.3 is 9.15 Å². The van der Waals surface area contributed by atoms with Crippen molar-refractivity contribution in [2.45, 2.75) is 19.9 Å². The Morgan fingerprint density at radius 3 is 2.81 bits per heavy atom. The van der Waals surface area contributed by atoms with Crippen molar-refractivity contribution in [1.29, 1.82) is 0 Å². The van der Waals surface area contributed by atoms with Crippen LogP contribution in [0, 0.1) is 10.1 Å². The van der Waals surface area contributed by atoms with Gasteiger partial charge in [-0.3, -0.25) is 19.5 Å². The van der Waals surface area contributed by atoms with Gasteiger partial charge >= 0.3 is 5.97 Å². The van der Waals surface area contributed by atoms with Gasteiger partial charge in [0.2, 0.25) is 0 Å². The Morgan fingerprint density at radius 1 is 1.32 bits per heavy atom. The van der Waals surface area contributed by atoms with Gasteiger partial charge in [-0.1, -0.05) is 17.4 Å². The Kier molecular flexibility index (Phi) is 6.80. The zero-order chi connectivity index (χ0) is 26.3. The number of esters is 1. The SMILES string of the molecule is CCOC(=O)C1=C(C)N=c2s/c(=C/c3ccc(-c4ccc([N+](=O)[O-])cc4Br)o3)c(=O)n2[C@@H]1c1cccs1. The number of furan rings is 1. The molecule has 0 N–H and O–H groups in total. The molecule has 1 aromatic carbocycles. The third-order valence-electron chi connectivity index (χ3n) is 5.66. The second kappa shape index (κ2) is 10.0. The third kappa shape index (κ3) is 4.63. The van der Waals surface area contributed by atoms with Gasteiger partial charge in [0.05, 0.1) is 27.3 Å². The molecule has 0 unspecified atom stereocenters. The van der Waals surface area contributed by atoms with Gasteiger partial charge in [-0.2, -0.15) is 0 Å². The fraction of sp³-hybridized carbons (Fsp3) is 0.160. The number of thiophene rings is 1. The molecule has 0 amide bonds. The van der Waals surface area contributed by atoms with Crippen LogP contribution < -0.4 is 14.9 Å². The summed E-state index contributed by atoms with van der Waals surface area (Å²) in [5.41, 5.74) is 1.14. The molecular weight excluding hydrogens is 582 g/mol. The largest absolute Gasteiger partial charge is 0.463 e. The Hall–Kier alpha value is -3.61. The van der Waals surface area contributed by atoms with Crippen molar-refractivity contribution in [1.82, 2.24) is 4.57 Å². The van der Waals surface area contributed by atoms with Crippen LogP contribution >= 0.6 is 38.6 Å². The second-order valence-electron chi connectivity index (χ2n) is 7.94. The van der Waals surface area contributed by atoms with Crippen molar-refractivity contribution in [2.24, 2.45) is 4.99 Å². The Bertz CT molecular complexity index is 1750. The molecule has 0 aliphatic carbocycles. The lowest BCUT2D eigenvalue weighted by Crippen LogP contribution is -2.39. The number of hydrogen-bond acceptors (Lipinski definition) is 9. The predicted molar refractivity (Wildman–Crippen MR) is 143 cm³/mol. The van der Waals surface area contributed by atoms with E-state index in [1.165, 1.54) is 39.4 Å². The Labute approximate surface area is 225 Å². The molecule has 0 bridgehead atoms. The molecule has 0 spiro atoms. The van der Waals surface area contributed by atoms with E-state index in [9.17, 15) is 19.7 Å². The molecule has 12 heteroatoms. The molecule has 4 aromatic rings. The minimum Gasteiger partial charge on any atom is -0.463 e. The summed E-state index contributed by atoms with van der Waals surface area (Å²) >= 11 is 6.01. The van der Waals surface area contributed by atoms with Crippen LogP contribution in [0.15, 0.2) is 77.8 Å². The topological polar surface area (TPSA) is 117 Å². The molecule has 0 fully saturated rings. The van der Waals surface area contributed by atoms with Gasteiger partial charge in [-0.15, -0.1) is 11.3 Å². The zero-order valence-electron chi connectivity index (χ0n) is 19.5. The second-order valence-corrected chi connectivity index (χ2v) is 10.8. The van der Waals surface area contributed by atoms with E-state index in [1.807, 2.05) is 17.5 Å². The van der Waals surface area contributed by atoms with Crippen LogP contribution in [-0.2, 0) is 9.53 Å². The summed E-state index contributed by atoms with van der Waals surface area (Å²) in [6.07, 6.45) is 1.63. The maximum Gasteiger partial charge on any atom is 0.338 e. The zero-order valence-corrected chi connectivity index (χ0v) is 22.7. The minimum atomic E-state index is -0.638. The van der Waals surface area contributed by atoms with E-state index < -0.39 is 16.9 Å². The molecule has 1 aliphatic rings. The summed E-state index contributed by atoms with van der Waals surface area (Å²) in [7, 11) is 0. The number of aromatic nitrogens is 1. The number of nitro benzene ring substituents is 1. The fourth-order valence-electron chi connectivity index (χ4n) is 4.03. The number of nitrogens with zero attached hydrogens (tertiary/aromatic N) is 3. The molecule has 1 atom stereocenters. The molecule has 3 aromatic heterocycles. The van der Waals surface area contributed by atoms with Crippen molar-refractivity contribution in [3.63, 3.8) is 0 Å². The maximum atomic E-state index is 13.6. The lowest BCUT2D eigenvalue weighted by atomic mass is 10.0. The summed E-state index contributed by atoms with van der Waals surface area (Å²) in [4.78, 5) is 42.8. The molecular formula is C25H18BrN3O6S2. The van der Waals surface area contributed by atoms with Crippen LogP contribution in [0.3, 0.4) is 0 Å². The van der Waals surface area contributed by atoms with Crippen molar-refractivity contribution >= 4 is 56.3 Å². The van der Waals surface area contributed by atoms with Gasteiger partial charge in [0.1, 0.15) is 17.6 Å². The molecule has 5 rings (SSSR count). The van der Waals surface area contributed by atoms with E-state index in [0.29, 0.717) is 42.2 Å². The predicted octanol–water partition coefficient (Wildman–Crippen LogP) is 4.79. The molecule has 0 radical (unpaired) electrons. The standard InChI is InChI=1S/C25H18BrN3O6S2/c1-3-34-24(31)21-13(2)27-25-28(22(21)19-5-4-10-36-19)23(30)20(37-25)12-15-7-9-18(35-15)16-8-6-14(29(32)33)11-17(16)26/h4-12,22H,3H2,1-2H3/b20-12+/t22-/m1/s1. The number of carbonyl (C=O) groups is 1. The van der Waals surface area contributed by atoms with Crippen molar-refractivity contribution < 1.29 is 18.9 Å². The highest BCUT2D eigenvalue weighted by Crippen LogP contribution is 2.34. The van der Waals surface area contributed by atoms with Gasteiger partial charge in [0.25, 0.3) is 11.2 Å². The summed E-state index contributed by atoms with van der Waals surface area (Å²) in [5.74, 6) is 0.415. The Balaban J connectivity index is 1.59. The van der Waals surface area contributed by atoms with E-state index in [4.69, 9.17) is 9.15 Å². The number of allylic oxidation sites excluding steroid dienone is 1. The molecule has 1 aliphatic heterocycles. The highest BCUT2D eigenvalue weighted by molar-refractivity contribution is 9.10. The van der Waals surface area contributed by atoms with Crippen molar-refractivity contribution in [3.05, 3.63) is 104 Å². The monoisotopic (exact) mass is 599 g/mol. The molecule has 4 heterocycles. The lowest BCUT2D eigenvalue weighted by Gasteiger charge is -2.23. The van der Waals surface area contributed by atoms with Crippen LogP contribution in [0.4, 0.5) is 5.69 Å². The molecule has 0 saturated heterocycles. The van der Waals surface area contributed by atoms with E-state index >= 15 is 0 Å². The van der Waals surface area contributed by atoms with Gasteiger partial charge in [-0.05, 0) is 59.4 Å². The lowest BCUT2D eigenvalue weighted by molar-refractivity contribution is -0.384. The average molecular weight is 600 g/mol. The number of halogens is 1. The first-order valence-corrected chi connectivity index (χ1v) is 13.5. The summed E-state index contributed by atoms with van der Waals surface area (Å²) in [6, 6.07) is 11.0. The number of rotatable bonds is 6. The number of hydrogen-bond donors (Lipinski definition) is 0. The van der Waals surface area contributed by atoms with Gasteiger partial charge in [0.15, 0.2) is 4.80 Å². The van der Waals surface area contributed by atoms with Crippen molar-refractivity contribution in [3.8, 4) is 11.3 Å². The normalized spacial score (nSPS) is 15.4. The number of carbonyl (C=O) groups excluding carboxylic acids is 1. The van der Waals surface area contributed by atoms with Crippen LogP contribution in [-0.4, -0.2) is 22.1 Å². The molecule has 9 nitrogen and oxygen atoms in total. The van der Waals surface area contributed by atoms with Gasteiger partial charge in [0, 0.05) is 33.1 Å². The number of benzene rings is 1. The van der Waals surface area contributed by atoms with E-state index in [2.05, 4.69) is 20.9 Å². The smallest absolute Gasteiger partial charge is 0.338 e. The first kappa shape index (κ1) is 25.1. The summed E-state index contributed by atoms with van der Waals surface area (Å²) in [6.45, 7) is 3.68. The quantitative estimate of drug-likeness (QED) is 0.179. The number of non-ortho nitro benzene ring substituents is 1. The maximum absolute atomic E-state index is 13.6. The van der Waals surface area contributed by atoms with Crippen molar-refractivity contribution in [2.75, 3.05) is 6.61 Å². The summed E-state index contributed by atoms with van der Waals surface area (Å²) in [5, 5.41) is 12.9. The highest BCUT2D eigenvalue weighted by Gasteiger charge is 2.33. The number of fused-ring (bicyclic) bond motifs is 1. The number of thiazole rings is 1. The molecule has 0 saturated carbocycles. The first-order chi connectivity index (χ1) is 17.8. The van der Waals surface area contributed by atoms with Crippen LogP contribution in [0.2, 0.25) is 0 Å². The fourth-order valence-corrected chi connectivity index (χ4v) is 6.44. The molecule has 37 heavy (non-hydrogen) atoms. The average Bonchev–Trinajstić information content (AvgIpc) is 3.60.